The van der Waals surface area contributed by atoms with Gasteiger partial charge in [-0.05, 0) is 24.6 Å². The summed E-state index contributed by atoms with van der Waals surface area (Å²) in [4.78, 5) is 4.08. The number of nitrogens with two attached hydrogens (primary N) is 1. The van der Waals surface area contributed by atoms with E-state index in [9.17, 15) is 4.39 Å². The minimum Gasteiger partial charge on any atom is -0.486 e. The first-order valence-electron chi connectivity index (χ1n) is 5.72. The number of hydrogen-bond acceptors (Lipinski definition) is 4. The van der Waals surface area contributed by atoms with E-state index in [1.54, 1.807) is 10.7 Å². The number of halogens is 1. The van der Waals surface area contributed by atoms with Gasteiger partial charge < -0.3 is 10.5 Å². The van der Waals surface area contributed by atoms with Crippen molar-refractivity contribution < 1.29 is 9.13 Å². The van der Waals surface area contributed by atoms with Crippen LogP contribution in [0.3, 0.4) is 0 Å². The van der Waals surface area contributed by atoms with Gasteiger partial charge in [0.1, 0.15) is 24.5 Å². The van der Waals surface area contributed by atoms with Crippen LogP contribution in [-0.2, 0) is 19.7 Å². The van der Waals surface area contributed by atoms with Gasteiger partial charge in [0.15, 0.2) is 5.82 Å². The molecule has 0 aliphatic rings. The first-order valence-corrected chi connectivity index (χ1v) is 5.72. The van der Waals surface area contributed by atoms with Crippen LogP contribution in [0.5, 0.6) is 5.75 Å². The molecule has 1 heterocycles. The monoisotopic (exact) mass is 250 g/mol. The molecule has 0 bridgehead atoms. The van der Waals surface area contributed by atoms with Crippen molar-refractivity contribution in [2.24, 2.45) is 5.73 Å². The molecule has 0 atom stereocenters. The number of ether oxygens (including phenoxy) is 1. The van der Waals surface area contributed by atoms with Crippen LogP contribution in [-0.4, -0.2) is 14.8 Å². The van der Waals surface area contributed by atoms with E-state index in [4.69, 9.17) is 10.5 Å². The van der Waals surface area contributed by atoms with E-state index in [-0.39, 0.29) is 19.0 Å². The van der Waals surface area contributed by atoms with Crippen LogP contribution in [0.2, 0.25) is 0 Å². The van der Waals surface area contributed by atoms with E-state index in [2.05, 4.69) is 10.1 Å². The van der Waals surface area contributed by atoms with Crippen LogP contribution in [0.25, 0.3) is 0 Å². The van der Waals surface area contributed by atoms with E-state index in [1.165, 1.54) is 18.5 Å². The standard InChI is InChI=1S/C12H15FN4O/c1-2-17-12(15-8-16-17)7-18-11-4-9(6-14)3-10(13)5-11/h3-5,8H,2,6-7,14H2,1H3. The molecule has 2 N–H and O–H groups in total. The molecule has 6 heteroatoms. The quantitative estimate of drug-likeness (QED) is 0.872. The van der Waals surface area contributed by atoms with Crippen molar-refractivity contribution in [2.75, 3.05) is 0 Å². The van der Waals surface area contributed by atoms with Gasteiger partial charge in [-0.25, -0.2) is 14.1 Å². The van der Waals surface area contributed by atoms with Crippen molar-refractivity contribution in [1.29, 1.82) is 0 Å². The van der Waals surface area contributed by atoms with Gasteiger partial charge in [0, 0.05) is 19.2 Å². The first-order chi connectivity index (χ1) is 8.72. The Hall–Kier alpha value is -1.95. The van der Waals surface area contributed by atoms with Crippen LogP contribution in [0.4, 0.5) is 4.39 Å². The van der Waals surface area contributed by atoms with E-state index >= 15 is 0 Å². The zero-order valence-corrected chi connectivity index (χ0v) is 10.1. The predicted molar refractivity (Wildman–Crippen MR) is 64.3 cm³/mol. The Morgan fingerprint density at radius 3 is 2.94 bits per heavy atom. The van der Waals surface area contributed by atoms with Gasteiger partial charge in [-0.3, -0.25) is 0 Å². The molecule has 1 aromatic heterocycles. The van der Waals surface area contributed by atoms with Crippen molar-refractivity contribution in [1.82, 2.24) is 14.8 Å². The van der Waals surface area contributed by atoms with Gasteiger partial charge in [-0.15, -0.1) is 0 Å². The molecule has 0 saturated heterocycles. The fourth-order valence-electron chi connectivity index (χ4n) is 1.63. The summed E-state index contributed by atoms with van der Waals surface area (Å²) < 4.78 is 20.5. The third kappa shape index (κ3) is 2.84. The van der Waals surface area contributed by atoms with Crippen molar-refractivity contribution in [2.45, 2.75) is 26.6 Å². The lowest BCUT2D eigenvalue weighted by Crippen LogP contribution is -2.07. The Morgan fingerprint density at radius 2 is 2.22 bits per heavy atom. The molecular formula is C12H15FN4O. The molecule has 0 amide bonds. The Kier molecular flexibility index (Phi) is 3.88. The van der Waals surface area contributed by atoms with Crippen LogP contribution < -0.4 is 10.5 Å². The maximum Gasteiger partial charge on any atom is 0.164 e. The maximum atomic E-state index is 13.3. The molecule has 96 valence electrons. The van der Waals surface area contributed by atoms with E-state index in [0.717, 1.165) is 6.54 Å². The van der Waals surface area contributed by atoms with Gasteiger partial charge in [0.2, 0.25) is 0 Å². The predicted octanol–water partition coefficient (Wildman–Crippen LogP) is 1.47. The zero-order chi connectivity index (χ0) is 13.0. The fourth-order valence-corrected chi connectivity index (χ4v) is 1.63. The summed E-state index contributed by atoms with van der Waals surface area (Å²) in [5.41, 5.74) is 6.17. The molecule has 2 aromatic rings. The van der Waals surface area contributed by atoms with E-state index in [1.807, 2.05) is 6.92 Å². The molecule has 0 saturated carbocycles. The fraction of sp³-hybridized carbons (Fsp3) is 0.333. The van der Waals surface area contributed by atoms with Gasteiger partial charge >= 0.3 is 0 Å². The Bertz CT molecular complexity index is 527. The minimum absolute atomic E-state index is 0.251. The lowest BCUT2D eigenvalue weighted by atomic mass is 10.2. The van der Waals surface area contributed by atoms with Crippen LogP contribution >= 0.6 is 0 Å². The highest BCUT2D eigenvalue weighted by molar-refractivity contribution is 5.29. The topological polar surface area (TPSA) is 66.0 Å². The van der Waals surface area contributed by atoms with Gasteiger partial charge in [-0.1, -0.05) is 0 Å². The smallest absolute Gasteiger partial charge is 0.164 e. The molecule has 0 aliphatic carbocycles. The van der Waals surface area contributed by atoms with Gasteiger partial charge in [0.05, 0.1) is 0 Å². The molecule has 2 rings (SSSR count). The van der Waals surface area contributed by atoms with Gasteiger partial charge in [0.25, 0.3) is 0 Å². The maximum absolute atomic E-state index is 13.3. The summed E-state index contributed by atoms with van der Waals surface area (Å²) in [6, 6.07) is 4.43. The third-order valence-electron chi connectivity index (χ3n) is 2.53. The van der Waals surface area contributed by atoms with Gasteiger partial charge in [-0.2, -0.15) is 5.10 Å². The number of aryl methyl sites for hydroxylation is 1. The van der Waals surface area contributed by atoms with Crippen LogP contribution in [0.15, 0.2) is 24.5 Å². The normalized spacial score (nSPS) is 10.6. The molecular weight excluding hydrogens is 235 g/mol. The van der Waals surface area contributed by atoms with E-state index < -0.39 is 0 Å². The number of aromatic nitrogens is 3. The number of benzene rings is 1. The molecule has 1 aromatic carbocycles. The lowest BCUT2D eigenvalue weighted by molar-refractivity contribution is 0.285. The van der Waals surface area contributed by atoms with E-state index in [0.29, 0.717) is 17.1 Å². The summed E-state index contributed by atoms with van der Waals surface area (Å²) >= 11 is 0. The molecule has 0 aliphatic heterocycles. The van der Waals surface area contributed by atoms with Crippen molar-refractivity contribution in [3.8, 4) is 5.75 Å². The molecule has 5 nitrogen and oxygen atoms in total. The second-order valence-electron chi connectivity index (χ2n) is 3.78. The summed E-state index contributed by atoms with van der Waals surface area (Å²) in [6.45, 7) is 3.21. The second kappa shape index (κ2) is 5.59. The summed E-state index contributed by atoms with van der Waals surface area (Å²) in [5, 5.41) is 4.03. The average Bonchev–Trinajstić information content (AvgIpc) is 2.83. The van der Waals surface area contributed by atoms with Crippen molar-refractivity contribution >= 4 is 0 Å². The summed E-state index contributed by atoms with van der Waals surface area (Å²) in [5.74, 6) is 0.794. The second-order valence-corrected chi connectivity index (χ2v) is 3.78. The van der Waals surface area contributed by atoms with Crippen molar-refractivity contribution in [3.05, 3.63) is 41.7 Å². The highest BCUT2D eigenvalue weighted by Crippen LogP contribution is 2.17. The third-order valence-corrected chi connectivity index (χ3v) is 2.53. The minimum atomic E-state index is -0.357. The molecule has 0 unspecified atom stereocenters. The molecule has 0 radical (unpaired) electrons. The average molecular weight is 250 g/mol. The lowest BCUT2D eigenvalue weighted by Gasteiger charge is -2.08. The zero-order valence-electron chi connectivity index (χ0n) is 10.1. The molecule has 18 heavy (non-hydrogen) atoms. The molecule has 0 spiro atoms. The first kappa shape index (κ1) is 12.5. The van der Waals surface area contributed by atoms with Crippen LogP contribution in [0, 0.1) is 5.82 Å². The number of hydrogen-bond donors (Lipinski definition) is 1. The van der Waals surface area contributed by atoms with Crippen molar-refractivity contribution in [3.63, 3.8) is 0 Å². The molecule has 0 fully saturated rings. The summed E-state index contributed by atoms with van der Waals surface area (Å²) in [6.07, 6.45) is 1.47. The van der Waals surface area contributed by atoms with Crippen LogP contribution in [0.1, 0.15) is 18.3 Å². The largest absolute Gasteiger partial charge is 0.486 e. The number of nitrogens with zero attached hydrogens (tertiary/aromatic N) is 3. The highest BCUT2D eigenvalue weighted by atomic mass is 19.1. The number of rotatable bonds is 5. The Balaban J connectivity index is 2.08. The Morgan fingerprint density at radius 1 is 1.39 bits per heavy atom. The SMILES string of the molecule is CCn1ncnc1COc1cc(F)cc(CN)c1. The highest BCUT2D eigenvalue weighted by Gasteiger charge is 2.05. The summed E-state index contributed by atoms with van der Waals surface area (Å²) in [7, 11) is 0. The Labute approximate surface area is 104 Å².